The summed E-state index contributed by atoms with van der Waals surface area (Å²) in [5.41, 5.74) is 0. The number of carbonyl (C=O) groups is 1. The number of carbonyl (C=O) groups excluding carboxylic acids is 1. The molecule has 0 fully saturated rings. The van der Waals surface area contributed by atoms with Gasteiger partial charge in [-0.3, -0.25) is 0 Å². The van der Waals surface area contributed by atoms with Crippen molar-refractivity contribution in [3.05, 3.63) is 25.3 Å². The van der Waals surface area contributed by atoms with E-state index in [1.807, 2.05) is 0 Å². The van der Waals surface area contributed by atoms with E-state index in [0.717, 1.165) is 5.33 Å². The molecule has 0 bridgehead atoms. The minimum absolute atomic E-state index is 0.177. The molecule has 0 aromatic carbocycles. The summed E-state index contributed by atoms with van der Waals surface area (Å²) in [6, 6.07) is 0. The van der Waals surface area contributed by atoms with Crippen molar-refractivity contribution in [3.8, 4) is 0 Å². The first-order valence-corrected chi connectivity index (χ1v) is 5.92. The van der Waals surface area contributed by atoms with E-state index in [0.29, 0.717) is 0 Å². The Morgan fingerprint density at radius 3 is 1.93 bits per heavy atom. The monoisotopic (exact) mass is 278 g/mol. The van der Waals surface area contributed by atoms with Crippen LogP contribution in [0.2, 0.25) is 0 Å². The molecule has 0 saturated carbocycles. The Bertz CT molecular complexity index is 153. The molecule has 0 aliphatic rings. The van der Waals surface area contributed by atoms with Gasteiger partial charge >= 0.3 is 6.16 Å². The van der Waals surface area contributed by atoms with E-state index < -0.39 is 6.16 Å². The predicted octanol–water partition coefficient (Wildman–Crippen LogP) is 3.69. The largest absolute Gasteiger partial charge is 0.508 e. The van der Waals surface area contributed by atoms with Crippen molar-refractivity contribution in [2.24, 2.45) is 0 Å². The lowest BCUT2D eigenvalue weighted by molar-refractivity contribution is 0.0718. The van der Waals surface area contributed by atoms with E-state index in [9.17, 15) is 4.79 Å². The summed E-state index contributed by atoms with van der Waals surface area (Å²) < 4.78 is 8.93. The van der Waals surface area contributed by atoms with Gasteiger partial charge in [-0.15, -0.1) is 0 Å². The zero-order chi connectivity index (χ0) is 11.9. The molecule has 4 heteroatoms. The number of hydrogen-bond donors (Lipinski definition) is 0. The Kier molecular flexibility index (Phi) is 17.4. The smallest absolute Gasteiger partial charge is 0.430 e. The maximum atomic E-state index is 10.4. The van der Waals surface area contributed by atoms with Crippen LogP contribution < -0.4 is 0 Å². The fourth-order valence-electron chi connectivity index (χ4n) is 0.429. The van der Waals surface area contributed by atoms with Crippen LogP contribution in [0.25, 0.3) is 0 Å². The minimum Gasteiger partial charge on any atom is -0.430 e. The highest BCUT2D eigenvalue weighted by Gasteiger charge is 1.97. The lowest BCUT2D eigenvalue weighted by atomic mass is 10.4. The van der Waals surface area contributed by atoms with E-state index in [2.05, 4.69) is 45.5 Å². The van der Waals surface area contributed by atoms with Gasteiger partial charge in [0, 0.05) is 5.33 Å². The van der Waals surface area contributed by atoms with E-state index in [4.69, 9.17) is 0 Å². The van der Waals surface area contributed by atoms with Crippen LogP contribution in [0, 0.1) is 0 Å². The Hall–Kier alpha value is -0.770. The van der Waals surface area contributed by atoms with E-state index >= 15 is 0 Å². The fourth-order valence-corrected chi connectivity index (χ4v) is 0.990. The second-order valence-corrected chi connectivity index (χ2v) is 3.28. The van der Waals surface area contributed by atoms with Gasteiger partial charge in [-0.1, -0.05) is 54.6 Å². The average Bonchev–Trinajstić information content (AvgIpc) is 2.25. The zero-order valence-electron chi connectivity index (χ0n) is 9.21. The molecule has 88 valence electrons. The first-order valence-electron chi connectivity index (χ1n) is 4.80. The maximum absolute atomic E-state index is 10.4. The Labute approximate surface area is 100 Å². The Balaban J connectivity index is 0. The van der Waals surface area contributed by atoms with Gasteiger partial charge in [-0.25, -0.2) is 4.79 Å². The summed E-state index contributed by atoms with van der Waals surface area (Å²) >= 11 is 3.31. The molecule has 0 unspecified atom stereocenters. The van der Waals surface area contributed by atoms with Gasteiger partial charge in [0.1, 0.15) is 13.2 Å². The van der Waals surface area contributed by atoms with Crippen LogP contribution in [0.3, 0.4) is 0 Å². The molecule has 0 aromatic heterocycles. The molecule has 0 amide bonds. The highest BCUT2D eigenvalue weighted by Crippen LogP contribution is 1.89. The highest BCUT2D eigenvalue weighted by molar-refractivity contribution is 9.09. The molecule has 0 N–H and O–H groups in total. The molecular weight excluding hydrogens is 260 g/mol. The third kappa shape index (κ3) is 19.6. The van der Waals surface area contributed by atoms with Gasteiger partial charge in [0.05, 0.1) is 0 Å². The van der Waals surface area contributed by atoms with Gasteiger partial charge in [-0.05, 0) is 6.42 Å². The third-order valence-electron chi connectivity index (χ3n) is 1.13. The van der Waals surface area contributed by atoms with Gasteiger partial charge in [-0.2, -0.15) is 0 Å². The van der Waals surface area contributed by atoms with Crippen LogP contribution in [-0.2, 0) is 9.47 Å². The average molecular weight is 279 g/mol. The number of hydrogen-bond acceptors (Lipinski definition) is 3. The molecule has 0 aliphatic carbocycles. The van der Waals surface area contributed by atoms with Crippen molar-refractivity contribution < 1.29 is 14.3 Å². The first kappa shape index (κ1) is 16.7. The van der Waals surface area contributed by atoms with Crippen molar-refractivity contribution >= 4 is 22.1 Å². The fraction of sp³-hybridized carbons (Fsp3) is 0.545. The van der Waals surface area contributed by atoms with Crippen molar-refractivity contribution in [2.75, 3.05) is 18.5 Å². The Morgan fingerprint density at radius 2 is 1.73 bits per heavy atom. The summed E-state index contributed by atoms with van der Waals surface area (Å²) in [7, 11) is 0. The minimum atomic E-state index is -0.695. The van der Waals surface area contributed by atoms with Gasteiger partial charge < -0.3 is 9.47 Å². The van der Waals surface area contributed by atoms with Gasteiger partial charge in [0.2, 0.25) is 0 Å². The molecule has 0 saturated heterocycles. The second-order valence-electron chi connectivity index (χ2n) is 2.49. The van der Waals surface area contributed by atoms with Crippen molar-refractivity contribution in [3.63, 3.8) is 0 Å². The van der Waals surface area contributed by atoms with Crippen LogP contribution in [0.5, 0.6) is 0 Å². The molecule has 0 spiro atoms. The van der Waals surface area contributed by atoms with Crippen LogP contribution in [0.15, 0.2) is 25.3 Å². The van der Waals surface area contributed by atoms with Crippen LogP contribution in [-0.4, -0.2) is 24.7 Å². The zero-order valence-corrected chi connectivity index (χ0v) is 10.8. The van der Waals surface area contributed by atoms with Gasteiger partial charge in [0.25, 0.3) is 0 Å². The quantitative estimate of drug-likeness (QED) is 0.422. The number of halogens is 1. The number of alkyl halides is 1. The molecule has 15 heavy (non-hydrogen) atoms. The van der Waals surface area contributed by atoms with E-state index in [1.54, 1.807) is 0 Å². The maximum Gasteiger partial charge on any atom is 0.508 e. The van der Waals surface area contributed by atoms with Crippen molar-refractivity contribution in [2.45, 2.75) is 19.8 Å². The Morgan fingerprint density at radius 1 is 1.27 bits per heavy atom. The lowest BCUT2D eigenvalue weighted by Crippen LogP contribution is -2.06. The highest BCUT2D eigenvalue weighted by atomic mass is 79.9. The summed E-state index contributed by atoms with van der Waals surface area (Å²) in [5.74, 6) is 0. The summed E-state index contributed by atoms with van der Waals surface area (Å²) in [4.78, 5) is 10.4. The SMILES string of the molecule is C=CCOC(=O)OCC=C.CCCCBr. The summed E-state index contributed by atoms with van der Waals surface area (Å²) in [6.07, 6.45) is 4.84. The molecule has 0 heterocycles. The third-order valence-corrected chi connectivity index (χ3v) is 1.69. The molecule has 0 aliphatic heterocycles. The standard InChI is InChI=1S/C7H10O3.C4H9Br/c1-3-5-9-7(8)10-6-4-2;1-2-3-4-5/h3-4H,1-2,5-6H2;2-4H2,1H3. The van der Waals surface area contributed by atoms with Crippen molar-refractivity contribution in [1.29, 1.82) is 0 Å². The lowest BCUT2D eigenvalue weighted by Gasteiger charge is -1.99. The second kappa shape index (κ2) is 15.7. The number of rotatable bonds is 6. The topological polar surface area (TPSA) is 35.5 Å². The van der Waals surface area contributed by atoms with Crippen molar-refractivity contribution in [1.82, 2.24) is 0 Å². The summed E-state index contributed by atoms with van der Waals surface area (Å²) in [6.45, 7) is 9.25. The molecule has 3 nitrogen and oxygen atoms in total. The predicted molar refractivity (Wildman–Crippen MR) is 66.4 cm³/mol. The van der Waals surface area contributed by atoms with Crippen LogP contribution in [0.4, 0.5) is 4.79 Å². The molecule has 0 aromatic rings. The number of ether oxygens (including phenoxy) is 2. The van der Waals surface area contributed by atoms with Crippen LogP contribution in [0.1, 0.15) is 19.8 Å². The molecule has 0 radical (unpaired) electrons. The summed E-state index contributed by atoms with van der Waals surface area (Å²) in [5, 5.41) is 1.16. The first-order chi connectivity index (χ1) is 7.22. The van der Waals surface area contributed by atoms with E-state index in [1.165, 1.54) is 25.0 Å². The number of unbranched alkanes of at least 4 members (excludes halogenated alkanes) is 1. The van der Waals surface area contributed by atoms with Gasteiger partial charge in [0.15, 0.2) is 0 Å². The molecule has 0 rings (SSSR count). The molecule has 0 atom stereocenters. The molecular formula is C11H19BrO3. The van der Waals surface area contributed by atoms with E-state index in [-0.39, 0.29) is 13.2 Å². The normalized spacial score (nSPS) is 8.13. The van der Waals surface area contributed by atoms with Crippen LogP contribution >= 0.6 is 15.9 Å².